The Bertz CT molecular complexity index is 488. The van der Waals surface area contributed by atoms with Crippen molar-refractivity contribution in [3.8, 4) is 22.1 Å². The van der Waals surface area contributed by atoms with Crippen LogP contribution in [-0.2, 0) is 0 Å². The number of rotatable bonds is 2. The Hall–Kier alpha value is -1.95. The maximum absolute atomic E-state index is 4.23. The maximum Gasteiger partial charge on any atom is 0.141 e. The van der Waals surface area contributed by atoms with Gasteiger partial charge in [-0.1, -0.05) is 0 Å². The van der Waals surface area contributed by atoms with E-state index in [2.05, 4.69) is 25.1 Å². The molecule has 0 fully saturated rings. The number of imidazole rings is 1. The molecule has 0 aromatic carbocycles. The zero-order chi connectivity index (χ0) is 10.1. The van der Waals surface area contributed by atoms with Crippen LogP contribution in [0, 0.1) is 0 Å². The predicted octanol–water partition coefficient (Wildman–Crippen LogP) is 1.92. The van der Waals surface area contributed by atoms with Crippen LogP contribution in [0.4, 0.5) is 0 Å². The molecule has 5 nitrogen and oxygen atoms in total. The average molecular weight is 217 g/mol. The van der Waals surface area contributed by atoms with Crippen molar-refractivity contribution < 1.29 is 0 Å². The average Bonchev–Trinajstić information content (AvgIpc) is 3.01. The van der Waals surface area contributed by atoms with E-state index in [0.29, 0.717) is 0 Å². The van der Waals surface area contributed by atoms with Crippen molar-refractivity contribution >= 4 is 11.3 Å². The molecule has 3 heterocycles. The van der Waals surface area contributed by atoms with Crippen molar-refractivity contribution in [3.63, 3.8) is 0 Å². The summed E-state index contributed by atoms with van der Waals surface area (Å²) in [7, 11) is 0. The van der Waals surface area contributed by atoms with Crippen LogP contribution in [-0.4, -0.2) is 25.1 Å². The van der Waals surface area contributed by atoms with Gasteiger partial charge in [0.1, 0.15) is 16.5 Å². The van der Waals surface area contributed by atoms with Crippen molar-refractivity contribution in [1.82, 2.24) is 25.1 Å². The number of hydrogen-bond donors (Lipinski definition) is 2. The number of aromatic amines is 2. The first-order valence-corrected chi connectivity index (χ1v) is 5.26. The van der Waals surface area contributed by atoms with Crippen LogP contribution in [0.5, 0.6) is 0 Å². The minimum Gasteiger partial charge on any atom is -0.345 e. The number of H-pyrrole nitrogens is 2. The highest BCUT2D eigenvalue weighted by Gasteiger charge is 2.12. The van der Waals surface area contributed by atoms with Crippen LogP contribution in [0.15, 0.2) is 30.2 Å². The van der Waals surface area contributed by atoms with Crippen LogP contribution < -0.4 is 0 Å². The fourth-order valence-corrected chi connectivity index (χ4v) is 2.03. The number of thiazole rings is 1. The molecule has 0 radical (unpaired) electrons. The Labute approximate surface area is 89.2 Å². The minimum atomic E-state index is 0.800. The molecule has 0 amide bonds. The lowest BCUT2D eigenvalue weighted by Gasteiger charge is -1.95. The van der Waals surface area contributed by atoms with Gasteiger partial charge in [-0.05, 0) is 0 Å². The molecule has 0 aliphatic heterocycles. The van der Waals surface area contributed by atoms with Crippen LogP contribution >= 0.6 is 11.3 Å². The highest BCUT2D eigenvalue weighted by molar-refractivity contribution is 7.13. The second-order valence-electron chi connectivity index (χ2n) is 2.93. The highest BCUT2D eigenvalue weighted by Crippen LogP contribution is 2.28. The first kappa shape index (κ1) is 8.37. The lowest BCUT2D eigenvalue weighted by atomic mass is 10.2. The van der Waals surface area contributed by atoms with Gasteiger partial charge in [-0.2, -0.15) is 5.10 Å². The van der Waals surface area contributed by atoms with Gasteiger partial charge in [0.05, 0.1) is 11.8 Å². The number of hydrogen-bond acceptors (Lipinski definition) is 4. The minimum absolute atomic E-state index is 0.800. The molecular formula is C9H7N5S. The number of nitrogens with zero attached hydrogens (tertiary/aromatic N) is 3. The summed E-state index contributed by atoms with van der Waals surface area (Å²) in [6.07, 6.45) is 7.02. The van der Waals surface area contributed by atoms with Gasteiger partial charge in [0.15, 0.2) is 0 Å². The summed E-state index contributed by atoms with van der Waals surface area (Å²) in [6, 6.07) is 0. The van der Waals surface area contributed by atoms with Crippen molar-refractivity contribution in [1.29, 1.82) is 0 Å². The standard InChI is InChI=1S/C9H7N5S/c1-2-11-8(10-1)6-5-13-14-7(6)9-12-3-4-15-9/h1-5H,(H,10,11)(H,13,14). The Balaban J connectivity index is 2.15. The molecule has 74 valence electrons. The zero-order valence-electron chi connectivity index (χ0n) is 7.64. The molecule has 0 saturated carbocycles. The molecule has 3 aromatic heterocycles. The third-order valence-corrected chi connectivity index (χ3v) is 2.83. The molecule has 0 saturated heterocycles. The van der Waals surface area contributed by atoms with E-state index in [1.165, 1.54) is 0 Å². The van der Waals surface area contributed by atoms with Gasteiger partial charge >= 0.3 is 0 Å². The van der Waals surface area contributed by atoms with Crippen LogP contribution in [0.3, 0.4) is 0 Å². The number of nitrogens with one attached hydrogen (secondary N) is 2. The fourth-order valence-electron chi connectivity index (χ4n) is 1.39. The Morgan fingerprint density at radius 1 is 1.20 bits per heavy atom. The molecule has 0 aliphatic rings. The van der Waals surface area contributed by atoms with E-state index in [0.717, 1.165) is 22.1 Å². The second kappa shape index (κ2) is 3.32. The Morgan fingerprint density at radius 3 is 2.93 bits per heavy atom. The monoisotopic (exact) mass is 217 g/mol. The summed E-state index contributed by atoms with van der Waals surface area (Å²) in [5.74, 6) is 0.800. The molecule has 0 bridgehead atoms. The summed E-state index contributed by atoms with van der Waals surface area (Å²) in [5.41, 5.74) is 1.84. The smallest absolute Gasteiger partial charge is 0.141 e. The maximum atomic E-state index is 4.23. The molecule has 0 atom stereocenters. The molecular weight excluding hydrogens is 210 g/mol. The molecule has 15 heavy (non-hydrogen) atoms. The first-order valence-electron chi connectivity index (χ1n) is 4.38. The summed E-state index contributed by atoms with van der Waals surface area (Å²) in [6.45, 7) is 0. The SMILES string of the molecule is c1c[nH]c(-c2cn[nH]c2-c2nccs2)n1. The van der Waals surface area contributed by atoms with Gasteiger partial charge in [0, 0.05) is 24.0 Å². The summed E-state index contributed by atoms with van der Waals surface area (Å²) >= 11 is 1.57. The molecule has 6 heteroatoms. The molecule has 0 spiro atoms. The van der Waals surface area contributed by atoms with Crippen LogP contribution in [0.1, 0.15) is 0 Å². The molecule has 0 unspecified atom stereocenters. The second-order valence-corrected chi connectivity index (χ2v) is 3.83. The van der Waals surface area contributed by atoms with E-state index in [9.17, 15) is 0 Å². The van der Waals surface area contributed by atoms with Gasteiger partial charge in [-0.15, -0.1) is 11.3 Å². The van der Waals surface area contributed by atoms with Crippen molar-refractivity contribution in [2.45, 2.75) is 0 Å². The molecule has 3 aromatic rings. The van der Waals surface area contributed by atoms with Gasteiger partial charge in [-0.3, -0.25) is 5.10 Å². The highest BCUT2D eigenvalue weighted by atomic mass is 32.1. The Kier molecular flexibility index (Phi) is 1.85. The first-order chi connectivity index (χ1) is 7.45. The van der Waals surface area contributed by atoms with Gasteiger partial charge in [0.25, 0.3) is 0 Å². The largest absolute Gasteiger partial charge is 0.345 e. The van der Waals surface area contributed by atoms with E-state index >= 15 is 0 Å². The lowest BCUT2D eigenvalue weighted by Crippen LogP contribution is -1.82. The van der Waals surface area contributed by atoms with E-state index in [1.54, 1.807) is 36.1 Å². The normalized spacial score (nSPS) is 10.7. The van der Waals surface area contributed by atoms with Crippen molar-refractivity contribution in [2.75, 3.05) is 0 Å². The topological polar surface area (TPSA) is 70.2 Å². The summed E-state index contributed by atoms with van der Waals surface area (Å²) in [5, 5.41) is 9.80. The predicted molar refractivity (Wildman–Crippen MR) is 57.3 cm³/mol. The molecule has 2 N–H and O–H groups in total. The van der Waals surface area contributed by atoms with Gasteiger partial charge in [0.2, 0.25) is 0 Å². The zero-order valence-corrected chi connectivity index (χ0v) is 8.45. The van der Waals surface area contributed by atoms with Gasteiger partial charge < -0.3 is 4.98 Å². The van der Waals surface area contributed by atoms with E-state index in [4.69, 9.17) is 0 Å². The van der Waals surface area contributed by atoms with E-state index < -0.39 is 0 Å². The van der Waals surface area contributed by atoms with Crippen molar-refractivity contribution in [2.24, 2.45) is 0 Å². The van der Waals surface area contributed by atoms with Crippen LogP contribution in [0.25, 0.3) is 22.1 Å². The van der Waals surface area contributed by atoms with Crippen molar-refractivity contribution in [3.05, 3.63) is 30.2 Å². The summed E-state index contributed by atoms with van der Waals surface area (Å²) in [4.78, 5) is 11.5. The lowest BCUT2D eigenvalue weighted by molar-refractivity contribution is 1.09. The third kappa shape index (κ3) is 1.35. The summed E-state index contributed by atoms with van der Waals surface area (Å²) < 4.78 is 0. The Morgan fingerprint density at radius 2 is 2.20 bits per heavy atom. The van der Waals surface area contributed by atoms with E-state index in [1.807, 2.05) is 5.38 Å². The van der Waals surface area contributed by atoms with E-state index in [-0.39, 0.29) is 0 Å². The fraction of sp³-hybridized carbons (Fsp3) is 0. The van der Waals surface area contributed by atoms with Crippen LogP contribution in [0.2, 0.25) is 0 Å². The third-order valence-electron chi connectivity index (χ3n) is 2.04. The molecule has 3 rings (SSSR count). The number of aromatic nitrogens is 5. The molecule has 0 aliphatic carbocycles. The van der Waals surface area contributed by atoms with Gasteiger partial charge in [-0.25, -0.2) is 9.97 Å². The quantitative estimate of drug-likeness (QED) is 0.689.